The molecule has 2 aliphatic rings. The molecule has 6 amide bonds. The Kier molecular flexibility index (Phi) is 8.01. The molecule has 0 aromatic carbocycles. The van der Waals surface area contributed by atoms with E-state index >= 15 is 0 Å². The molecule has 0 radical (unpaired) electrons. The van der Waals surface area contributed by atoms with Crippen LogP contribution in [0.2, 0.25) is 0 Å². The SMILES string of the molecule is CC(=O)N1CCC[C@H]1C(=O)N[C@@H](C)C(=O)N1CCC[C@H]1C(=O)NN(C)C(=O)C(C)(O)C(N)=O. The van der Waals surface area contributed by atoms with Crippen molar-refractivity contribution in [1.29, 1.82) is 0 Å². The number of aliphatic hydroxyl groups is 1. The quantitative estimate of drug-likeness (QED) is 0.240. The van der Waals surface area contributed by atoms with Gasteiger partial charge < -0.3 is 26.0 Å². The van der Waals surface area contributed by atoms with Crippen LogP contribution in [0.5, 0.6) is 0 Å². The molecule has 1 unspecified atom stereocenters. The van der Waals surface area contributed by atoms with Crippen LogP contribution in [0, 0.1) is 0 Å². The monoisotopic (exact) mass is 468 g/mol. The number of likely N-dealkylation sites (N-methyl/N-ethyl adjacent to an activating group) is 1. The van der Waals surface area contributed by atoms with E-state index in [1.54, 1.807) is 0 Å². The Labute approximate surface area is 191 Å². The van der Waals surface area contributed by atoms with Crippen LogP contribution >= 0.6 is 0 Å². The molecular formula is C20H32N6O7. The lowest BCUT2D eigenvalue weighted by atomic mass is 10.1. The van der Waals surface area contributed by atoms with E-state index in [9.17, 15) is 33.9 Å². The number of amides is 6. The molecule has 0 spiro atoms. The lowest BCUT2D eigenvalue weighted by Crippen LogP contribution is -2.60. The first kappa shape index (κ1) is 26.0. The van der Waals surface area contributed by atoms with Crippen LogP contribution in [0.4, 0.5) is 0 Å². The first-order chi connectivity index (χ1) is 15.3. The second-order valence-electron chi connectivity index (χ2n) is 8.57. The molecule has 33 heavy (non-hydrogen) atoms. The maximum Gasteiger partial charge on any atom is 0.282 e. The third-order valence-corrected chi connectivity index (χ3v) is 6.01. The molecule has 2 aliphatic heterocycles. The molecule has 13 nitrogen and oxygen atoms in total. The van der Waals surface area contributed by atoms with E-state index in [1.807, 2.05) is 0 Å². The maximum absolute atomic E-state index is 13.0. The molecule has 0 aliphatic carbocycles. The summed E-state index contributed by atoms with van der Waals surface area (Å²) in [5.41, 5.74) is 4.76. The van der Waals surface area contributed by atoms with Crippen LogP contribution in [0.3, 0.4) is 0 Å². The van der Waals surface area contributed by atoms with E-state index in [-0.39, 0.29) is 12.5 Å². The van der Waals surface area contributed by atoms with Gasteiger partial charge in [-0.1, -0.05) is 0 Å². The Balaban J connectivity index is 2.00. The zero-order valence-corrected chi connectivity index (χ0v) is 19.3. The molecule has 2 heterocycles. The van der Waals surface area contributed by atoms with Crippen LogP contribution in [-0.4, -0.2) is 99.2 Å². The van der Waals surface area contributed by atoms with E-state index < -0.39 is 53.3 Å². The summed E-state index contributed by atoms with van der Waals surface area (Å²) in [6.45, 7) is 4.56. The molecule has 0 aromatic heterocycles. The first-order valence-electron chi connectivity index (χ1n) is 10.8. The van der Waals surface area contributed by atoms with Crippen molar-refractivity contribution < 1.29 is 33.9 Å². The summed E-state index contributed by atoms with van der Waals surface area (Å²) < 4.78 is 0. The number of hydrogen-bond donors (Lipinski definition) is 4. The molecule has 4 atom stereocenters. The number of nitrogens with one attached hydrogen (secondary N) is 2. The lowest BCUT2D eigenvalue weighted by Gasteiger charge is -2.31. The molecular weight excluding hydrogens is 436 g/mol. The number of likely N-dealkylation sites (tertiary alicyclic amines) is 2. The van der Waals surface area contributed by atoms with Gasteiger partial charge in [0.05, 0.1) is 0 Å². The maximum atomic E-state index is 13.0. The van der Waals surface area contributed by atoms with E-state index in [0.717, 1.165) is 14.0 Å². The number of rotatable bonds is 6. The fourth-order valence-electron chi connectivity index (χ4n) is 4.06. The molecule has 184 valence electrons. The molecule has 0 aromatic rings. The van der Waals surface area contributed by atoms with Gasteiger partial charge in [0, 0.05) is 27.1 Å². The van der Waals surface area contributed by atoms with Crippen LogP contribution in [0.1, 0.15) is 46.5 Å². The standard InChI is InChI=1S/C20H32N6O7/c1-11(22-15(28)13-7-5-9-25(13)12(2)27)17(30)26-10-6-8-14(26)16(29)23-24(4)19(32)20(3,33)18(21)31/h11,13-14,33H,5-10H2,1-4H3,(H2,21,31)(H,22,28)(H,23,29)/t11-,13-,14-,20?/m0/s1. The number of carbonyl (C=O) groups excluding carboxylic acids is 6. The third-order valence-electron chi connectivity index (χ3n) is 6.01. The predicted molar refractivity (Wildman–Crippen MR) is 113 cm³/mol. The Bertz CT molecular complexity index is 845. The number of primary amides is 1. The fourth-order valence-corrected chi connectivity index (χ4v) is 4.06. The molecule has 0 saturated carbocycles. The third kappa shape index (κ3) is 5.59. The molecule has 2 rings (SSSR count). The minimum Gasteiger partial charge on any atom is -0.372 e. The van der Waals surface area contributed by atoms with Crippen molar-refractivity contribution in [2.75, 3.05) is 20.1 Å². The molecule has 2 saturated heterocycles. The highest BCUT2D eigenvalue weighted by atomic mass is 16.3. The summed E-state index contributed by atoms with van der Waals surface area (Å²) in [6.07, 6.45) is 2.06. The van der Waals surface area contributed by atoms with Crippen molar-refractivity contribution in [2.24, 2.45) is 5.73 Å². The van der Waals surface area contributed by atoms with Crippen LogP contribution in [0.15, 0.2) is 0 Å². The summed E-state index contributed by atoms with van der Waals surface area (Å²) in [4.78, 5) is 76.2. The van der Waals surface area contributed by atoms with Crippen molar-refractivity contribution in [1.82, 2.24) is 25.6 Å². The molecule has 2 fully saturated rings. The average Bonchev–Trinajstić information content (AvgIpc) is 3.41. The van der Waals surface area contributed by atoms with E-state index in [1.165, 1.54) is 23.6 Å². The smallest absolute Gasteiger partial charge is 0.282 e. The number of hydrazine groups is 1. The van der Waals surface area contributed by atoms with Crippen molar-refractivity contribution in [2.45, 2.75) is 70.2 Å². The second kappa shape index (κ2) is 10.1. The van der Waals surface area contributed by atoms with Crippen molar-refractivity contribution >= 4 is 35.4 Å². The van der Waals surface area contributed by atoms with Gasteiger partial charge in [-0.05, 0) is 39.5 Å². The van der Waals surface area contributed by atoms with Crippen LogP contribution < -0.4 is 16.5 Å². The normalized spacial score (nSPS) is 22.8. The highest BCUT2D eigenvalue weighted by molar-refractivity contribution is 6.07. The first-order valence-corrected chi connectivity index (χ1v) is 10.8. The zero-order valence-electron chi connectivity index (χ0n) is 19.3. The highest BCUT2D eigenvalue weighted by Gasteiger charge is 2.42. The van der Waals surface area contributed by atoms with E-state index in [2.05, 4.69) is 10.7 Å². The Morgan fingerprint density at radius 2 is 1.55 bits per heavy atom. The van der Waals surface area contributed by atoms with Gasteiger partial charge in [0.2, 0.25) is 23.3 Å². The minimum absolute atomic E-state index is 0.211. The van der Waals surface area contributed by atoms with Crippen molar-refractivity contribution in [3.63, 3.8) is 0 Å². The number of carbonyl (C=O) groups is 6. The molecule has 5 N–H and O–H groups in total. The van der Waals surface area contributed by atoms with Crippen LogP contribution in [0.25, 0.3) is 0 Å². The topological polar surface area (TPSA) is 182 Å². The average molecular weight is 469 g/mol. The summed E-state index contributed by atoms with van der Waals surface area (Å²) in [5, 5.41) is 13.2. The molecule has 0 bridgehead atoms. The summed E-state index contributed by atoms with van der Waals surface area (Å²) in [5.74, 6) is -4.21. The Morgan fingerprint density at radius 3 is 2.06 bits per heavy atom. The zero-order chi connectivity index (χ0) is 25.1. The Hall–Kier alpha value is -3.22. The summed E-state index contributed by atoms with van der Waals surface area (Å²) in [7, 11) is 1.14. The van der Waals surface area contributed by atoms with Gasteiger partial charge in [-0.15, -0.1) is 0 Å². The van der Waals surface area contributed by atoms with Gasteiger partial charge in [-0.3, -0.25) is 39.2 Å². The lowest BCUT2D eigenvalue weighted by molar-refractivity contribution is -0.161. The molecule has 13 heteroatoms. The van der Waals surface area contributed by atoms with Crippen molar-refractivity contribution in [3.8, 4) is 0 Å². The van der Waals surface area contributed by atoms with Gasteiger partial charge in [0.1, 0.15) is 18.1 Å². The summed E-state index contributed by atoms with van der Waals surface area (Å²) in [6, 6.07) is -2.48. The minimum atomic E-state index is -2.51. The van der Waals surface area contributed by atoms with Gasteiger partial charge >= 0.3 is 0 Å². The highest BCUT2D eigenvalue weighted by Crippen LogP contribution is 2.20. The summed E-state index contributed by atoms with van der Waals surface area (Å²) >= 11 is 0. The largest absolute Gasteiger partial charge is 0.372 e. The van der Waals surface area contributed by atoms with Gasteiger partial charge in [-0.2, -0.15) is 0 Å². The number of nitrogens with zero attached hydrogens (tertiary/aromatic N) is 3. The van der Waals surface area contributed by atoms with Crippen LogP contribution in [-0.2, 0) is 28.8 Å². The predicted octanol–water partition coefficient (Wildman–Crippen LogP) is -2.78. The Morgan fingerprint density at radius 1 is 1.03 bits per heavy atom. The second-order valence-corrected chi connectivity index (χ2v) is 8.57. The van der Waals surface area contributed by atoms with Crippen molar-refractivity contribution in [3.05, 3.63) is 0 Å². The van der Waals surface area contributed by atoms with Gasteiger partial charge in [-0.25, -0.2) is 0 Å². The van der Waals surface area contributed by atoms with Gasteiger partial charge in [0.15, 0.2) is 0 Å². The number of hydrogen-bond acceptors (Lipinski definition) is 7. The van der Waals surface area contributed by atoms with Gasteiger partial charge in [0.25, 0.3) is 17.7 Å². The fraction of sp³-hybridized carbons (Fsp3) is 0.700. The van der Waals surface area contributed by atoms with E-state index in [4.69, 9.17) is 5.73 Å². The van der Waals surface area contributed by atoms with E-state index in [0.29, 0.717) is 37.2 Å². The number of nitrogens with two attached hydrogens (primary N) is 1.